The van der Waals surface area contributed by atoms with Crippen LogP contribution in [0, 0.1) is 0 Å². The van der Waals surface area contributed by atoms with Gasteiger partial charge in [0, 0.05) is 5.02 Å². The van der Waals surface area contributed by atoms with E-state index in [4.69, 9.17) is 17.3 Å². The zero-order valence-electron chi connectivity index (χ0n) is 11.3. The van der Waals surface area contributed by atoms with Crippen molar-refractivity contribution in [3.8, 4) is 11.1 Å². The van der Waals surface area contributed by atoms with E-state index >= 15 is 0 Å². The van der Waals surface area contributed by atoms with Gasteiger partial charge in [0.25, 0.3) is 0 Å². The third-order valence-electron chi connectivity index (χ3n) is 3.55. The molecule has 0 heterocycles. The molecule has 0 aliphatic carbocycles. The Hall–Kier alpha value is -1.31. The molecule has 1 nitrogen and oxygen atoms in total. The Morgan fingerprint density at radius 1 is 1.05 bits per heavy atom. The Labute approximate surface area is 120 Å². The standard InChI is InChI=1S/C17H20ClN/c1-2-13(10-11-19)14-6-8-15(9-7-14)16-4-3-5-17(18)12-16/h3-9,12-13H,2,10-11,19H2,1H3. The second-order valence-corrected chi connectivity index (χ2v) is 5.25. The van der Waals surface area contributed by atoms with Gasteiger partial charge in [0.2, 0.25) is 0 Å². The summed E-state index contributed by atoms with van der Waals surface area (Å²) in [7, 11) is 0. The molecule has 2 rings (SSSR count). The molecule has 1 unspecified atom stereocenters. The van der Waals surface area contributed by atoms with Crippen molar-refractivity contribution in [2.45, 2.75) is 25.7 Å². The van der Waals surface area contributed by atoms with E-state index in [1.54, 1.807) is 0 Å². The highest BCUT2D eigenvalue weighted by Gasteiger charge is 2.08. The minimum atomic E-state index is 0.568. The van der Waals surface area contributed by atoms with Crippen LogP contribution in [-0.4, -0.2) is 6.54 Å². The molecule has 0 saturated heterocycles. The summed E-state index contributed by atoms with van der Waals surface area (Å²) in [5.74, 6) is 0.568. The lowest BCUT2D eigenvalue weighted by Crippen LogP contribution is -2.06. The number of halogens is 1. The summed E-state index contributed by atoms with van der Waals surface area (Å²) in [5, 5.41) is 0.774. The topological polar surface area (TPSA) is 26.0 Å². The van der Waals surface area contributed by atoms with E-state index in [0.29, 0.717) is 5.92 Å². The zero-order valence-corrected chi connectivity index (χ0v) is 12.0. The molecule has 0 aliphatic heterocycles. The Bertz CT molecular complexity index is 519. The molecule has 0 saturated carbocycles. The van der Waals surface area contributed by atoms with Crippen molar-refractivity contribution in [2.75, 3.05) is 6.54 Å². The molecule has 2 aromatic carbocycles. The minimum absolute atomic E-state index is 0.568. The van der Waals surface area contributed by atoms with Gasteiger partial charge in [-0.05, 0) is 54.1 Å². The van der Waals surface area contributed by atoms with Crippen molar-refractivity contribution in [2.24, 2.45) is 5.73 Å². The lowest BCUT2D eigenvalue weighted by molar-refractivity contribution is 0.614. The lowest BCUT2D eigenvalue weighted by atomic mass is 9.92. The van der Waals surface area contributed by atoms with Crippen LogP contribution in [0.5, 0.6) is 0 Å². The van der Waals surface area contributed by atoms with Crippen LogP contribution in [0.15, 0.2) is 48.5 Å². The molecular formula is C17H20ClN. The smallest absolute Gasteiger partial charge is 0.0412 e. The fourth-order valence-corrected chi connectivity index (χ4v) is 2.61. The molecule has 2 heteroatoms. The highest BCUT2D eigenvalue weighted by atomic mass is 35.5. The van der Waals surface area contributed by atoms with Gasteiger partial charge in [-0.3, -0.25) is 0 Å². The number of hydrogen-bond donors (Lipinski definition) is 1. The van der Waals surface area contributed by atoms with Gasteiger partial charge in [0.05, 0.1) is 0 Å². The van der Waals surface area contributed by atoms with E-state index in [-0.39, 0.29) is 0 Å². The predicted octanol–water partition coefficient (Wildman–Crippen LogP) is 4.85. The average molecular weight is 274 g/mol. The first-order valence-corrected chi connectivity index (χ1v) is 7.18. The highest BCUT2D eigenvalue weighted by molar-refractivity contribution is 6.30. The normalized spacial score (nSPS) is 12.4. The van der Waals surface area contributed by atoms with Gasteiger partial charge in [-0.1, -0.05) is 54.9 Å². The first-order chi connectivity index (χ1) is 9.24. The first-order valence-electron chi connectivity index (χ1n) is 6.80. The number of hydrogen-bond acceptors (Lipinski definition) is 1. The van der Waals surface area contributed by atoms with Crippen LogP contribution in [0.3, 0.4) is 0 Å². The molecular weight excluding hydrogens is 254 g/mol. The molecule has 1 atom stereocenters. The molecule has 0 aliphatic rings. The van der Waals surface area contributed by atoms with Crippen LogP contribution in [0.25, 0.3) is 11.1 Å². The van der Waals surface area contributed by atoms with E-state index in [9.17, 15) is 0 Å². The van der Waals surface area contributed by atoms with Crippen LogP contribution in [0.1, 0.15) is 31.2 Å². The molecule has 2 aromatic rings. The van der Waals surface area contributed by atoms with E-state index in [0.717, 1.165) is 30.0 Å². The summed E-state index contributed by atoms with van der Waals surface area (Å²) in [6.07, 6.45) is 2.18. The Morgan fingerprint density at radius 3 is 2.37 bits per heavy atom. The van der Waals surface area contributed by atoms with E-state index in [2.05, 4.69) is 37.3 Å². The summed E-state index contributed by atoms with van der Waals surface area (Å²) in [6, 6.07) is 16.7. The fourth-order valence-electron chi connectivity index (χ4n) is 2.42. The molecule has 2 N–H and O–H groups in total. The van der Waals surface area contributed by atoms with E-state index < -0.39 is 0 Å². The predicted molar refractivity (Wildman–Crippen MR) is 83.6 cm³/mol. The second-order valence-electron chi connectivity index (χ2n) is 4.81. The summed E-state index contributed by atoms with van der Waals surface area (Å²) in [5.41, 5.74) is 9.40. The minimum Gasteiger partial charge on any atom is -0.330 e. The Morgan fingerprint density at radius 2 is 1.79 bits per heavy atom. The maximum atomic E-state index is 6.03. The molecule has 0 fully saturated rings. The largest absolute Gasteiger partial charge is 0.330 e. The number of benzene rings is 2. The summed E-state index contributed by atoms with van der Waals surface area (Å²) < 4.78 is 0. The maximum Gasteiger partial charge on any atom is 0.0412 e. The van der Waals surface area contributed by atoms with Crippen molar-refractivity contribution >= 4 is 11.6 Å². The average Bonchev–Trinajstić information content (AvgIpc) is 2.45. The Balaban J connectivity index is 2.23. The van der Waals surface area contributed by atoms with Gasteiger partial charge in [-0.15, -0.1) is 0 Å². The second kappa shape index (κ2) is 6.74. The van der Waals surface area contributed by atoms with Gasteiger partial charge in [-0.2, -0.15) is 0 Å². The van der Waals surface area contributed by atoms with Gasteiger partial charge in [0.1, 0.15) is 0 Å². The van der Waals surface area contributed by atoms with Crippen LogP contribution >= 0.6 is 11.6 Å². The van der Waals surface area contributed by atoms with E-state index in [1.807, 2.05) is 18.2 Å². The quantitative estimate of drug-likeness (QED) is 0.828. The summed E-state index contributed by atoms with van der Waals surface area (Å²) in [6.45, 7) is 2.96. The Kier molecular flexibility index (Phi) is 5.00. The van der Waals surface area contributed by atoms with Crippen LogP contribution < -0.4 is 5.73 Å². The highest BCUT2D eigenvalue weighted by Crippen LogP contribution is 2.27. The molecule has 0 aromatic heterocycles. The molecule has 0 radical (unpaired) electrons. The molecule has 0 bridgehead atoms. The van der Waals surface area contributed by atoms with Crippen molar-refractivity contribution < 1.29 is 0 Å². The molecule has 19 heavy (non-hydrogen) atoms. The molecule has 100 valence electrons. The molecule has 0 spiro atoms. The SMILES string of the molecule is CCC(CCN)c1ccc(-c2cccc(Cl)c2)cc1. The van der Waals surface area contributed by atoms with Crippen LogP contribution in [0.2, 0.25) is 5.02 Å². The van der Waals surface area contributed by atoms with Gasteiger partial charge >= 0.3 is 0 Å². The van der Waals surface area contributed by atoms with E-state index in [1.165, 1.54) is 11.1 Å². The lowest BCUT2D eigenvalue weighted by Gasteiger charge is -2.14. The summed E-state index contributed by atoms with van der Waals surface area (Å²) >= 11 is 6.03. The fraction of sp³-hybridized carbons (Fsp3) is 0.294. The first kappa shape index (κ1) is 14.1. The van der Waals surface area contributed by atoms with Gasteiger partial charge in [-0.25, -0.2) is 0 Å². The zero-order chi connectivity index (χ0) is 13.7. The van der Waals surface area contributed by atoms with Crippen molar-refractivity contribution in [1.82, 2.24) is 0 Å². The number of rotatable bonds is 5. The third kappa shape index (κ3) is 3.59. The van der Waals surface area contributed by atoms with Crippen molar-refractivity contribution in [3.05, 3.63) is 59.1 Å². The van der Waals surface area contributed by atoms with Crippen LogP contribution in [-0.2, 0) is 0 Å². The van der Waals surface area contributed by atoms with Crippen molar-refractivity contribution in [1.29, 1.82) is 0 Å². The maximum absolute atomic E-state index is 6.03. The van der Waals surface area contributed by atoms with Gasteiger partial charge < -0.3 is 5.73 Å². The van der Waals surface area contributed by atoms with Crippen LogP contribution in [0.4, 0.5) is 0 Å². The van der Waals surface area contributed by atoms with Gasteiger partial charge in [0.15, 0.2) is 0 Å². The molecule has 0 amide bonds. The number of nitrogens with two attached hydrogens (primary N) is 1. The third-order valence-corrected chi connectivity index (χ3v) is 3.78. The monoisotopic (exact) mass is 273 g/mol. The summed E-state index contributed by atoms with van der Waals surface area (Å²) in [4.78, 5) is 0. The van der Waals surface area contributed by atoms with Crippen molar-refractivity contribution in [3.63, 3.8) is 0 Å².